The van der Waals surface area contributed by atoms with Gasteiger partial charge in [-0.05, 0) is 44.4 Å². The summed E-state index contributed by atoms with van der Waals surface area (Å²) >= 11 is 0. The molecule has 0 saturated heterocycles. The van der Waals surface area contributed by atoms with Crippen molar-refractivity contribution < 1.29 is 9.90 Å². The van der Waals surface area contributed by atoms with Gasteiger partial charge in [-0.3, -0.25) is 4.79 Å². The van der Waals surface area contributed by atoms with Crippen molar-refractivity contribution in [3.63, 3.8) is 0 Å². The van der Waals surface area contributed by atoms with E-state index in [1.165, 1.54) is 0 Å². The Morgan fingerprint density at radius 1 is 1.36 bits per heavy atom. The summed E-state index contributed by atoms with van der Waals surface area (Å²) in [6, 6.07) is -0.329. The van der Waals surface area contributed by atoms with Crippen molar-refractivity contribution in [2.75, 3.05) is 0 Å². The van der Waals surface area contributed by atoms with E-state index < -0.39 is 12.0 Å². The first-order chi connectivity index (χ1) is 6.59. The van der Waals surface area contributed by atoms with Gasteiger partial charge in [-0.15, -0.1) is 0 Å². The highest BCUT2D eigenvalue weighted by molar-refractivity contribution is 5.72. The van der Waals surface area contributed by atoms with E-state index in [2.05, 4.69) is 0 Å². The fourth-order valence-electron chi connectivity index (χ4n) is 2.02. The van der Waals surface area contributed by atoms with Crippen molar-refractivity contribution in [2.24, 2.45) is 17.4 Å². The monoisotopic (exact) mass is 200 g/mol. The van der Waals surface area contributed by atoms with Gasteiger partial charge in [0.2, 0.25) is 0 Å². The largest absolute Gasteiger partial charge is 0.480 e. The van der Waals surface area contributed by atoms with E-state index in [0.717, 1.165) is 32.1 Å². The predicted molar refractivity (Wildman–Crippen MR) is 54.8 cm³/mol. The number of hydrogen-bond acceptors (Lipinski definition) is 3. The fourth-order valence-corrected chi connectivity index (χ4v) is 2.02. The molecule has 0 aromatic heterocycles. The van der Waals surface area contributed by atoms with Crippen molar-refractivity contribution in [3.05, 3.63) is 0 Å². The minimum absolute atomic E-state index is 0.361. The Morgan fingerprint density at radius 2 is 1.93 bits per heavy atom. The molecule has 0 amide bonds. The quantitative estimate of drug-likeness (QED) is 0.623. The molecule has 1 rings (SSSR count). The zero-order chi connectivity index (χ0) is 10.6. The maximum Gasteiger partial charge on any atom is 0.320 e. The highest BCUT2D eigenvalue weighted by Gasteiger charge is 2.20. The zero-order valence-electron chi connectivity index (χ0n) is 8.48. The lowest BCUT2D eigenvalue weighted by Crippen LogP contribution is -2.31. The normalized spacial score (nSPS) is 29.9. The van der Waals surface area contributed by atoms with E-state index >= 15 is 0 Å². The van der Waals surface area contributed by atoms with Crippen LogP contribution >= 0.6 is 0 Å². The molecule has 1 aliphatic rings. The van der Waals surface area contributed by atoms with Gasteiger partial charge in [-0.1, -0.05) is 0 Å². The lowest BCUT2D eigenvalue weighted by molar-refractivity contribution is -0.138. The molecular formula is C10H20N2O2. The molecule has 1 atom stereocenters. The number of carbonyl (C=O) groups is 1. The van der Waals surface area contributed by atoms with Crippen LogP contribution in [0.25, 0.3) is 0 Å². The van der Waals surface area contributed by atoms with Crippen molar-refractivity contribution in [2.45, 2.75) is 50.6 Å². The highest BCUT2D eigenvalue weighted by Crippen LogP contribution is 2.27. The van der Waals surface area contributed by atoms with Crippen LogP contribution in [0.2, 0.25) is 0 Å². The summed E-state index contributed by atoms with van der Waals surface area (Å²) in [4.78, 5) is 10.5. The number of carboxylic acid groups (broad SMARTS) is 1. The molecule has 4 nitrogen and oxygen atoms in total. The van der Waals surface area contributed by atoms with Crippen LogP contribution in [0.15, 0.2) is 0 Å². The number of carboxylic acids is 1. The lowest BCUT2D eigenvalue weighted by Gasteiger charge is -2.26. The Balaban J connectivity index is 2.16. The molecule has 0 heterocycles. The smallest absolute Gasteiger partial charge is 0.320 e. The Kier molecular flexibility index (Phi) is 4.35. The maximum atomic E-state index is 10.5. The molecule has 1 aliphatic carbocycles. The Morgan fingerprint density at radius 3 is 2.43 bits per heavy atom. The maximum absolute atomic E-state index is 10.5. The summed E-state index contributed by atoms with van der Waals surface area (Å²) in [5, 5.41) is 8.61. The molecule has 0 aromatic rings. The highest BCUT2D eigenvalue weighted by atomic mass is 16.4. The van der Waals surface area contributed by atoms with Gasteiger partial charge in [0.05, 0.1) is 0 Å². The van der Waals surface area contributed by atoms with E-state index in [1.807, 2.05) is 0 Å². The average molecular weight is 200 g/mol. The second-order valence-corrected chi connectivity index (χ2v) is 4.30. The van der Waals surface area contributed by atoms with Gasteiger partial charge < -0.3 is 16.6 Å². The van der Waals surface area contributed by atoms with Crippen LogP contribution in [0.5, 0.6) is 0 Å². The fraction of sp³-hybridized carbons (Fsp3) is 0.900. The van der Waals surface area contributed by atoms with Crippen LogP contribution < -0.4 is 11.5 Å². The molecule has 0 aliphatic heterocycles. The van der Waals surface area contributed by atoms with E-state index in [9.17, 15) is 4.79 Å². The number of hydrogen-bond donors (Lipinski definition) is 3. The van der Waals surface area contributed by atoms with Crippen LogP contribution in [-0.2, 0) is 4.79 Å². The Bertz CT molecular complexity index is 189. The number of nitrogens with two attached hydrogens (primary N) is 2. The molecule has 1 fully saturated rings. The van der Waals surface area contributed by atoms with E-state index in [-0.39, 0.29) is 0 Å². The summed E-state index contributed by atoms with van der Waals surface area (Å²) in [6.07, 6.45) is 5.94. The molecule has 0 bridgehead atoms. The van der Waals surface area contributed by atoms with E-state index in [1.54, 1.807) is 0 Å². The first-order valence-electron chi connectivity index (χ1n) is 5.33. The van der Waals surface area contributed by atoms with Crippen molar-refractivity contribution in [3.8, 4) is 0 Å². The first-order valence-corrected chi connectivity index (χ1v) is 5.33. The zero-order valence-corrected chi connectivity index (χ0v) is 8.48. The minimum atomic E-state index is -0.891. The second-order valence-electron chi connectivity index (χ2n) is 4.30. The third-order valence-electron chi connectivity index (χ3n) is 3.09. The molecule has 82 valence electrons. The van der Waals surface area contributed by atoms with Gasteiger partial charge in [0, 0.05) is 6.04 Å². The number of rotatable bonds is 4. The molecule has 0 unspecified atom stereocenters. The summed E-state index contributed by atoms with van der Waals surface area (Å²) in [5.74, 6) is -0.252. The molecule has 0 radical (unpaired) electrons. The predicted octanol–water partition coefficient (Wildman–Crippen LogP) is 0.696. The van der Waals surface area contributed by atoms with E-state index in [0.29, 0.717) is 18.4 Å². The standard InChI is InChI=1S/C10H20N2O2/c11-8-4-1-7(2-5-8)3-6-9(12)10(13)14/h7-9H,1-6,11-12H2,(H,13,14)/t7?,8?,9-/m0/s1. The Hall–Kier alpha value is -0.610. The average Bonchev–Trinajstić information content (AvgIpc) is 2.16. The van der Waals surface area contributed by atoms with Crippen molar-refractivity contribution >= 4 is 5.97 Å². The Labute approximate surface area is 84.7 Å². The molecule has 5 N–H and O–H groups in total. The molecular weight excluding hydrogens is 180 g/mol. The minimum Gasteiger partial charge on any atom is -0.480 e. The lowest BCUT2D eigenvalue weighted by atomic mass is 9.83. The summed E-state index contributed by atoms with van der Waals surface area (Å²) in [5.41, 5.74) is 11.2. The van der Waals surface area contributed by atoms with Crippen LogP contribution in [0.1, 0.15) is 38.5 Å². The summed E-state index contributed by atoms with van der Waals surface area (Å²) in [7, 11) is 0. The van der Waals surface area contributed by atoms with Gasteiger partial charge in [0.15, 0.2) is 0 Å². The molecule has 4 heteroatoms. The third kappa shape index (κ3) is 3.64. The SMILES string of the molecule is NC1CCC(CC[C@H](N)C(=O)O)CC1. The van der Waals surface area contributed by atoms with Crippen LogP contribution in [0.4, 0.5) is 0 Å². The van der Waals surface area contributed by atoms with Crippen LogP contribution in [0.3, 0.4) is 0 Å². The topological polar surface area (TPSA) is 89.3 Å². The van der Waals surface area contributed by atoms with Gasteiger partial charge in [-0.25, -0.2) is 0 Å². The first kappa shape index (κ1) is 11.5. The number of aliphatic carboxylic acids is 1. The molecule has 0 spiro atoms. The van der Waals surface area contributed by atoms with Gasteiger partial charge in [-0.2, -0.15) is 0 Å². The van der Waals surface area contributed by atoms with Crippen LogP contribution in [-0.4, -0.2) is 23.2 Å². The third-order valence-corrected chi connectivity index (χ3v) is 3.09. The van der Waals surface area contributed by atoms with Gasteiger partial charge in [0.25, 0.3) is 0 Å². The molecule has 1 saturated carbocycles. The molecule has 0 aromatic carbocycles. The molecule has 14 heavy (non-hydrogen) atoms. The van der Waals surface area contributed by atoms with Gasteiger partial charge >= 0.3 is 5.97 Å². The summed E-state index contributed by atoms with van der Waals surface area (Å²) < 4.78 is 0. The summed E-state index contributed by atoms with van der Waals surface area (Å²) in [6.45, 7) is 0. The van der Waals surface area contributed by atoms with Gasteiger partial charge in [0.1, 0.15) is 6.04 Å². The van der Waals surface area contributed by atoms with Crippen LogP contribution in [0, 0.1) is 5.92 Å². The second kappa shape index (κ2) is 5.32. The van der Waals surface area contributed by atoms with E-state index in [4.69, 9.17) is 16.6 Å². The van der Waals surface area contributed by atoms with Crippen molar-refractivity contribution in [1.82, 2.24) is 0 Å². The van der Waals surface area contributed by atoms with Crippen molar-refractivity contribution in [1.29, 1.82) is 0 Å².